The van der Waals surface area contributed by atoms with E-state index < -0.39 is 0 Å². The summed E-state index contributed by atoms with van der Waals surface area (Å²) in [5.74, 6) is 2.24. The van der Waals surface area contributed by atoms with E-state index in [4.69, 9.17) is 4.42 Å². The van der Waals surface area contributed by atoms with E-state index in [0.29, 0.717) is 24.2 Å². The van der Waals surface area contributed by atoms with Crippen LogP contribution in [0, 0.1) is 5.92 Å². The predicted molar refractivity (Wildman–Crippen MR) is 88.3 cm³/mol. The Morgan fingerprint density at radius 1 is 1.18 bits per heavy atom. The van der Waals surface area contributed by atoms with E-state index in [0.717, 1.165) is 13.1 Å². The minimum Gasteiger partial charge on any atom is -0.423 e. The zero-order valence-electron chi connectivity index (χ0n) is 13.8. The van der Waals surface area contributed by atoms with Gasteiger partial charge in [-0.05, 0) is 18.1 Å². The van der Waals surface area contributed by atoms with Gasteiger partial charge in [-0.15, -0.1) is 10.2 Å². The Balaban J connectivity index is 1.89. The van der Waals surface area contributed by atoms with Crippen molar-refractivity contribution in [2.75, 3.05) is 29.9 Å². The monoisotopic (exact) mass is 300 g/mol. The van der Waals surface area contributed by atoms with Crippen LogP contribution in [0.1, 0.15) is 38.5 Å². The van der Waals surface area contributed by atoms with E-state index in [9.17, 15) is 0 Å². The standard InChI is InChI=1S/C17H24N4O/c1-12(2)17-19-18-16(22-17)11-21-10-13(3)9-20(4)14-7-5-6-8-15(14)21/h5-8,12-13H,9-11H2,1-4H3/t13-/m0/s1. The molecule has 0 N–H and O–H groups in total. The molecule has 0 amide bonds. The average molecular weight is 300 g/mol. The number of nitrogens with zero attached hydrogens (tertiary/aromatic N) is 4. The van der Waals surface area contributed by atoms with Crippen molar-refractivity contribution in [3.8, 4) is 0 Å². The van der Waals surface area contributed by atoms with Crippen LogP contribution in [0.4, 0.5) is 11.4 Å². The Kier molecular flexibility index (Phi) is 4.05. The molecule has 1 atom stereocenters. The van der Waals surface area contributed by atoms with E-state index in [1.807, 2.05) is 0 Å². The van der Waals surface area contributed by atoms with Crippen molar-refractivity contribution in [1.29, 1.82) is 0 Å². The van der Waals surface area contributed by atoms with Gasteiger partial charge in [0.25, 0.3) is 0 Å². The van der Waals surface area contributed by atoms with Gasteiger partial charge in [0, 0.05) is 26.1 Å². The molecule has 0 spiro atoms. The minimum absolute atomic E-state index is 0.266. The second kappa shape index (κ2) is 5.99. The van der Waals surface area contributed by atoms with Crippen molar-refractivity contribution in [3.63, 3.8) is 0 Å². The van der Waals surface area contributed by atoms with Crippen LogP contribution in [0.2, 0.25) is 0 Å². The van der Waals surface area contributed by atoms with Crippen LogP contribution >= 0.6 is 0 Å². The molecule has 1 aliphatic heterocycles. The van der Waals surface area contributed by atoms with Gasteiger partial charge in [0.2, 0.25) is 11.8 Å². The Morgan fingerprint density at radius 2 is 1.91 bits per heavy atom. The van der Waals surface area contributed by atoms with Gasteiger partial charge >= 0.3 is 0 Å². The summed E-state index contributed by atoms with van der Waals surface area (Å²) < 4.78 is 5.79. The van der Waals surface area contributed by atoms with Gasteiger partial charge in [-0.2, -0.15) is 0 Å². The normalized spacial score (nSPS) is 18.5. The van der Waals surface area contributed by atoms with E-state index in [-0.39, 0.29) is 5.92 Å². The van der Waals surface area contributed by atoms with Crippen LogP contribution in [-0.2, 0) is 6.54 Å². The summed E-state index contributed by atoms with van der Waals surface area (Å²) >= 11 is 0. The van der Waals surface area contributed by atoms with Crippen molar-refractivity contribution >= 4 is 11.4 Å². The van der Waals surface area contributed by atoms with E-state index >= 15 is 0 Å². The number of para-hydroxylation sites is 2. The number of hydrogen-bond acceptors (Lipinski definition) is 5. The average Bonchev–Trinajstić information content (AvgIpc) is 2.91. The van der Waals surface area contributed by atoms with Crippen molar-refractivity contribution in [1.82, 2.24) is 10.2 Å². The number of rotatable bonds is 3. The lowest BCUT2D eigenvalue weighted by Crippen LogP contribution is -2.29. The van der Waals surface area contributed by atoms with Gasteiger partial charge in [-0.3, -0.25) is 0 Å². The molecule has 0 unspecified atom stereocenters. The van der Waals surface area contributed by atoms with Crippen LogP contribution in [0.3, 0.4) is 0 Å². The Labute approximate surface area is 131 Å². The molecule has 22 heavy (non-hydrogen) atoms. The van der Waals surface area contributed by atoms with Crippen molar-refractivity contribution in [2.45, 2.75) is 33.2 Å². The van der Waals surface area contributed by atoms with E-state index in [2.05, 4.69) is 72.1 Å². The van der Waals surface area contributed by atoms with Crippen LogP contribution < -0.4 is 9.80 Å². The van der Waals surface area contributed by atoms with Crippen LogP contribution in [0.15, 0.2) is 28.7 Å². The third-order valence-electron chi connectivity index (χ3n) is 4.05. The third-order valence-corrected chi connectivity index (χ3v) is 4.05. The van der Waals surface area contributed by atoms with Gasteiger partial charge in [-0.25, -0.2) is 0 Å². The molecule has 0 aliphatic carbocycles. The summed E-state index contributed by atoms with van der Waals surface area (Å²) in [5.41, 5.74) is 2.49. The van der Waals surface area contributed by atoms with Crippen LogP contribution in [0.5, 0.6) is 0 Å². The number of fused-ring (bicyclic) bond motifs is 1. The van der Waals surface area contributed by atoms with Gasteiger partial charge in [0.15, 0.2) is 0 Å². The molecule has 0 saturated carbocycles. The zero-order valence-corrected chi connectivity index (χ0v) is 13.8. The van der Waals surface area contributed by atoms with Crippen molar-refractivity contribution < 1.29 is 4.42 Å². The third kappa shape index (κ3) is 2.93. The van der Waals surface area contributed by atoms with Crippen molar-refractivity contribution in [3.05, 3.63) is 36.0 Å². The fourth-order valence-electron chi connectivity index (χ4n) is 3.03. The second-order valence-corrected chi connectivity index (χ2v) is 6.54. The molecule has 1 aliphatic rings. The van der Waals surface area contributed by atoms with Gasteiger partial charge < -0.3 is 14.2 Å². The SMILES string of the molecule is CC(C)c1nnc(CN2C[C@@H](C)CN(C)c3ccccc32)o1. The molecular weight excluding hydrogens is 276 g/mol. The number of hydrogen-bond donors (Lipinski definition) is 0. The maximum atomic E-state index is 5.79. The molecule has 118 valence electrons. The van der Waals surface area contributed by atoms with Crippen molar-refractivity contribution in [2.24, 2.45) is 5.92 Å². The van der Waals surface area contributed by atoms with Gasteiger partial charge in [0.05, 0.1) is 17.9 Å². The summed E-state index contributed by atoms with van der Waals surface area (Å²) in [5, 5.41) is 8.35. The maximum absolute atomic E-state index is 5.79. The molecule has 5 heteroatoms. The molecule has 5 nitrogen and oxygen atoms in total. The first-order valence-electron chi connectivity index (χ1n) is 7.92. The van der Waals surface area contributed by atoms with Gasteiger partial charge in [0.1, 0.15) is 0 Å². The lowest BCUT2D eigenvalue weighted by Gasteiger charge is -2.24. The lowest BCUT2D eigenvalue weighted by atomic mass is 10.1. The highest BCUT2D eigenvalue weighted by Gasteiger charge is 2.23. The highest BCUT2D eigenvalue weighted by Crippen LogP contribution is 2.33. The summed E-state index contributed by atoms with van der Waals surface area (Å²) in [6, 6.07) is 8.52. The lowest BCUT2D eigenvalue weighted by molar-refractivity contribution is 0.424. The Morgan fingerprint density at radius 3 is 2.59 bits per heavy atom. The molecule has 1 aromatic heterocycles. The number of benzene rings is 1. The number of aromatic nitrogens is 2. The number of anilines is 2. The molecule has 0 bridgehead atoms. The topological polar surface area (TPSA) is 45.4 Å². The fourth-order valence-corrected chi connectivity index (χ4v) is 3.03. The van der Waals surface area contributed by atoms with E-state index in [1.165, 1.54) is 11.4 Å². The second-order valence-electron chi connectivity index (χ2n) is 6.54. The molecular formula is C17H24N4O. The first-order valence-corrected chi connectivity index (χ1v) is 7.92. The Hall–Kier alpha value is -2.04. The Bertz CT molecular complexity index is 637. The molecule has 3 rings (SSSR count). The molecule has 0 saturated heterocycles. The first kappa shape index (κ1) is 14.9. The fraction of sp³-hybridized carbons (Fsp3) is 0.529. The quantitative estimate of drug-likeness (QED) is 0.870. The zero-order chi connectivity index (χ0) is 15.7. The molecule has 0 fully saturated rings. The van der Waals surface area contributed by atoms with E-state index in [1.54, 1.807) is 0 Å². The molecule has 1 aromatic carbocycles. The van der Waals surface area contributed by atoms with Crippen LogP contribution in [0.25, 0.3) is 0 Å². The summed E-state index contributed by atoms with van der Waals surface area (Å²) in [6.07, 6.45) is 0. The molecule has 2 heterocycles. The highest BCUT2D eigenvalue weighted by molar-refractivity contribution is 5.71. The maximum Gasteiger partial charge on any atom is 0.235 e. The molecule has 2 aromatic rings. The summed E-state index contributed by atoms with van der Waals surface area (Å²) in [4.78, 5) is 4.68. The highest BCUT2D eigenvalue weighted by atomic mass is 16.4. The minimum atomic E-state index is 0.266. The summed E-state index contributed by atoms with van der Waals surface area (Å²) in [7, 11) is 2.16. The first-order chi connectivity index (χ1) is 10.5. The molecule has 0 radical (unpaired) electrons. The smallest absolute Gasteiger partial charge is 0.235 e. The van der Waals surface area contributed by atoms with Gasteiger partial charge in [-0.1, -0.05) is 32.9 Å². The predicted octanol–water partition coefficient (Wildman–Crippen LogP) is 3.29. The van der Waals surface area contributed by atoms with Crippen LogP contribution in [-0.4, -0.2) is 30.3 Å². The summed E-state index contributed by atoms with van der Waals surface area (Å²) in [6.45, 7) is 9.11. The largest absolute Gasteiger partial charge is 0.423 e.